The van der Waals surface area contributed by atoms with Crippen LogP contribution in [0.1, 0.15) is 43.9 Å². The van der Waals surface area contributed by atoms with Crippen LogP contribution in [0.3, 0.4) is 0 Å². The van der Waals surface area contributed by atoms with Gasteiger partial charge in [0.25, 0.3) is 5.88 Å². The highest BCUT2D eigenvalue weighted by Crippen LogP contribution is 2.27. The highest BCUT2D eigenvalue weighted by Gasteiger charge is 2.20. The van der Waals surface area contributed by atoms with E-state index in [-0.39, 0.29) is 17.5 Å². The van der Waals surface area contributed by atoms with Crippen molar-refractivity contribution in [3.63, 3.8) is 0 Å². The highest BCUT2D eigenvalue weighted by molar-refractivity contribution is 7.92. The van der Waals surface area contributed by atoms with Crippen molar-refractivity contribution in [1.82, 2.24) is 10.3 Å². The maximum absolute atomic E-state index is 14.2. The molecule has 3 rings (SSSR count). The molecule has 0 spiro atoms. The van der Waals surface area contributed by atoms with Gasteiger partial charge < -0.3 is 19.2 Å². The third-order valence-corrected chi connectivity index (χ3v) is 5.15. The molecule has 1 atom stereocenters. The van der Waals surface area contributed by atoms with Crippen molar-refractivity contribution in [2.75, 3.05) is 11.0 Å². The Morgan fingerprint density at radius 3 is 2.38 bits per heavy atom. The Morgan fingerprint density at radius 2 is 1.76 bits per heavy atom. The quantitative estimate of drug-likeness (QED) is 0.447. The number of carbonyl (C=O) groups excluding carboxylic acids is 1. The summed E-state index contributed by atoms with van der Waals surface area (Å²) in [6.07, 6.45) is 0.725. The Kier molecular flexibility index (Phi) is 7.40. The number of carbonyl (C=O) groups is 1. The lowest BCUT2D eigenvalue weighted by Crippen LogP contribution is -2.29. The first kappa shape index (κ1) is 25.0. The van der Waals surface area contributed by atoms with Crippen molar-refractivity contribution in [2.24, 2.45) is 0 Å². The van der Waals surface area contributed by atoms with Gasteiger partial charge in [-0.1, -0.05) is 26.0 Å². The number of benzene rings is 2. The van der Waals surface area contributed by atoms with Gasteiger partial charge in [0.2, 0.25) is 10.0 Å². The predicted molar refractivity (Wildman–Crippen MR) is 120 cm³/mol. The molecule has 0 aliphatic carbocycles. The molecule has 1 unspecified atom stereocenters. The van der Waals surface area contributed by atoms with Gasteiger partial charge in [-0.25, -0.2) is 22.0 Å². The number of anilines is 1. The average molecular weight is 496 g/mol. The minimum absolute atomic E-state index is 0.0419. The molecule has 0 saturated heterocycles. The zero-order valence-corrected chi connectivity index (χ0v) is 19.6. The number of amides is 1. The minimum atomic E-state index is -3.88. The number of ether oxygens (including phenoxy) is 2. The summed E-state index contributed by atoms with van der Waals surface area (Å²) >= 11 is 0. The van der Waals surface area contributed by atoms with Crippen LogP contribution in [-0.2, 0) is 10.0 Å². The summed E-state index contributed by atoms with van der Waals surface area (Å²) in [6.45, 7) is 5.54. The largest absolute Gasteiger partial charge is 0.414 e. The van der Waals surface area contributed by atoms with Crippen molar-refractivity contribution in [2.45, 2.75) is 32.7 Å². The zero-order valence-electron chi connectivity index (χ0n) is 18.8. The maximum Gasteiger partial charge on any atom is 0.414 e. The van der Waals surface area contributed by atoms with E-state index in [1.165, 1.54) is 6.92 Å². The fourth-order valence-electron chi connectivity index (χ4n) is 2.89. The van der Waals surface area contributed by atoms with Crippen LogP contribution >= 0.6 is 0 Å². The van der Waals surface area contributed by atoms with Crippen molar-refractivity contribution >= 4 is 21.8 Å². The van der Waals surface area contributed by atoms with Crippen molar-refractivity contribution < 1.29 is 35.9 Å². The lowest BCUT2D eigenvalue weighted by atomic mass is 10.0. The Hall–Kier alpha value is -3.67. The molecule has 3 aromatic rings. The molecular weight excluding hydrogens is 472 g/mol. The molecule has 182 valence electrons. The molecule has 2 N–H and O–H groups in total. The molecule has 0 saturated carbocycles. The van der Waals surface area contributed by atoms with Gasteiger partial charge in [-0.2, -0.15) is 0 Å². The topological polar surface area (TPSA) is 120 Å². The first-order chi connectivity index (χ1) is 15.9. The summed E-state index contributed by atoms with van der Waals surface area (Å²) in [7, 11) is -3.88. The Bertz CT molecular complexity index is 1270. The van der Waals surface area contributed by atoms with E-state index >= 15 is 0 Å². The van der Waals surface area contributed by atoms with Gasteiger partial charge in [0.15, 0.2) is 17.9 Å². The number of hydrogen-bond donors (Lipinski definition) is 2. The van der Waals surface area contributed by atoms with Crippen LogP contribution in [0.5, 0.6) is 17.7 Å². The summed E-state index contributed by atoms with van der Waals surface area (Å²) in [5.41, 5.74) is 0.289. The number of sulfonamides is 1. The Morgan fingerprint density at radius 1 is 1.09 bits per heavy atom. The SMILES string of the molecule is CC(C)c1cccc(Oc2nc(OC(=O)NC(C)c3cc(F)c(NS(C)(=O)=O)c(F)c3)co2)c1. The lowest BCUT2D eigenvalue weighted by Gasteiger charge is -2.15. The number of nitrogens with one attached hydrogen (secondary N) is 2. The van der Waals surface area contributed by atoms with E-state index in [4.69, 9.17) is 13.9 Å². The van der Waals surface area contributed by atoms with Gasteiger partial charge in [0.1, 0.15) is 11.4 Å². The number of hydrogen-bond acceptors (Lipinski definition) is 7. The number of oxazole rings is 1. The van der Waals surface area contributed by atoms with Gasteiger partial charge >= 0.3 is 12.2 Å². The number of aromatic nitrogens is 1. The molecule has 0 bridgehead atoms. The normalized spacial score (nSPS) is 12.3. The summed E-state index contributed by atoms with van der Waals surface area (Å²) in [6, 6.07) is 8.25. The minimum Gasteiger partial charge on any atom is -0.413 e. The van der Waals surface area contributed by atoms with Crippen LogP contribution in [0, 0.1) is 11.6 Å². The molecule has 1 amide bonds. The van der Waals surface area contributed by atoms with Crippen LogP contribution in [0.4, 0.5) is 19.3 Å². The highest BCUT2D eigenvalue weighted by atomic mass is 32.2. The maximum atomic E-state index is 14.2. The number of rotatable bonds is 8. The third-order valence-electron chi connectivity index (χ3n) is 4.58. The molecule has 0 radical (unpaired) electrons. The van der Waals surface area contributed by atoms with Crippen LogP contribution < -0.4 is 19.5 Å². The van der Waals surface area contributed by atoms with Crippen molar-refractivity contribution in [1.29, 1.82) is 0 Å². The smallest absolute Gasteiger partial charge is 0.413 e. The summed E-state index contributed by atoms with van der Waals surface area (Å²) in [5.74, 6) is -1.67. The first-order valence-corrected chi connectivity index (χ1v) is 12.0. The predicted octanol–water partition coefficient (Wildman–Crippen LogP) is 5.09. The molecule has 2 aromatic carbocycles. The second-order valence-corrected chi connectivity index (χ2v) is 9.52. The zero-order chi connectivity index (χ0) is 25.0. The standard InChI is InChI=1S/C22H23F2N3O6S/c1-12(2)14-6-5-7-16(8-14)32-22-26-19(11-31-22)33-21(28)25-13(3)15-9-17(23)20(18(24)10-15)27-34(4,29)30/h5-13,27H,1-4H3,(H,25,28). The van der Waals surface area contributed by atoms with E-state index in [0.29, 0.717) is 11.7 Å². The second-order valence-electron chi connectivity index (χ2n) is 7.77. The molecule has 1 heterocycles. The summed E-state index contributed by atoms with van der Waals surface area (Å²) in [4.78, 5) is 16.1. The second kappa shape index (κ2) is 10.1. The van der Waals surface area contributed by atoms with Crippen LogP contribution in [0.25, 0.3) is 0 Å². The van der Waals surface area contributed by atoms with Gasteiger partial charge in [0, 0.05) is 0 Å². The van der Waals surface area contributed by atoms with E-state index in [1.807, 2.05) is 32.0 Å². The molecule has 0 fully saturated rings. The molecule has 12 heteroatoms. The van der Waals surface area contributed by atoms with Gasteiger partial charge in [-0.3, -0.25) is 4.72 Å². The van der Waals surface area contributed by atoms with Gasteiger partial charge in [-0.15, -0.1) is 4.98 Å². The van der Waals surface area contributed by atoms with Gasteiger partial charge in [-0.05, 0) is 48.2 Å². The van der Waals surface area contributed by atoms with E-state index in [9.17, 15) is 22.0 Å². The molecular formula is C22H23F2N3O6S. The summed E-state index contributed by atoms with van der Waals surface area (Å²) < 4.78 is 68.3. The van der Waals surface area contributed by atoms with E-state index < -0.39 is 39.5 Å². The molecule has 1 aromatic heterocycles. The summed E-state index contributed by atoms with van der Waals surface area (Å²) in [5, 5.41) is 2.39. The Labute approximate surface area is 195 Å². The van der Waals surface area contributed by atoms with Crippen molar-refractivity contribution in [3.05, 3.63) is 65.4 Å². The molecule has 34 heavy (non-hydrogen) atoms. The van der Waals surface area contributed by atoms with E-state index in [1.54, 1.807) is 10.8 Å². The van der Waals surface area contributed by atoms with Gasteiger partial charge in [0.05, 0.1) is 12.3 Å². The fraction of sp³-hybridized carbons (Fsp3) is 0.273. The molecule has 0 aliphatic heterocycles. The van der Waals surface area contributed by atoms with Crippen LogP contribution in [0.2, 0.25) is 0 Å². The molecule has 9 nitrogen and oxygen atoms in total. The van der Waals surface area contributed by atoms with Crippen LogP contribution in [-0.4, -0.2) is 25.8 Å². The van der Waals surface area contributed by atoms with Crippen LogP contribution in [0.15, 0.2) is 47.1 Å². The third kappa shape index (κ3) is 6.67. The number of halogens is 2. The average Bonchev–Trinajstić information content (AvgIpc) is 3.16. The fourth-order valence-corrected chi connectivity index (χ4v) is 3.45. The van der Waals surface area contributed by atoms with E-state index in [2.05, 4.69) is 10.3 Å². The monoisotopic (exact) mass is 495 g/mol. The molecule has 0 aliphatic rings. The number of nitrogens with zero attached hydrogens (tertiary/aromatic N) is 1. The Balaban J connectivity index is 1.62. The van der Waals surface area contributed by atoms with Crippen molar-refractivity contribution in [3.8, 4) is 17.7 Å². The lowest BCUT2D eigenvalue weighted by molar-refractivity contribution is 0.195. The first-order valence-electron chi connectivity index (χ1n) is 10.1. The van der Waals surface area contributed by atoms with E-state index in [0.717, 1.165) is 30.2 Å².